The van der Waals surface area contributed by atoms with E-state index in [1.54, 1.807) is 36.3 Å². The second-order valence-corrected chi connectivity index (χ2v) is 6.88. The average molecular weight is 392 g/mol. The number of halogens is 2. The van der Waals surface area contributed by atoms with E-state index in [1.807, 2.05) is 12.1 Å². The molecule has 1 aliphatic heterocycles. The van der Waals surface area contributed by atoms with Crippen LogP contribution in [0.25, 0.3) is 0 Å². The van der Waals surface area contributed by atoms with E-state index < -0.39 is 0 Å². The molecule has 7 heteroatoms. The molecule has 3 rings (SSSR count). The third-order valence-corrected chi connectivity index (χ3v) is 4.95. The number of carbonyl (C=O) groups is 1. The number of methoxy groups -OCH3 is 1. The van der Waals surface area contributed by atoms with Crippen LogP contribution >= 0.6 is 11.6 Å². The summed E-state index contributed by atoms with van der Waals surface area (Å²) in [5.41, 5.74) is 1.28. The molecule has 2 aromatic rings. The highest BCUT2D eigenvalue weighted by molar-refractivity contribution is 6.31. The van der Waals surface area contributed by atoms with Crippen molar-refractivity contribution < 1.29 is 13.9 Å². The number of carbonyl (C=O) groups excluding carboxylic acids is 1. The molecule has 0 spiro atoms. The zero-order valence-electron chi connectivity index (χ0n) is 15.3. The second kappa shape index (κ2) is 9.06. The third-order valence-electron chi connectivity index (χ3n) is 4.72. The minimum Gasteiger partial charge on any atom is -0.495 e. The Kier molecular flexibility index (Phi) is 6.53. The van der Waals surface area contributed by atoms with Crippen molar-refractivity contribution in [1.29, 1.82) is 0 Å². The summed E-state index contributed by atoms with van der Waals surface area (Å²) in [6.07, 6.45) is 0.665. The van der Waals surface area contributed by atoms with Crippen LogP contribution in [0.2, 0.25) is 5.02 Å². The lowest BCUT2D eigenvalue weighted by Crippen LogP contribution is -2.50. The number of nitrogens with one attached hydrogen (secondary N) is 1. The van der Waals surface area contributed by atoms with Gasteiger partial charge in [-0.15, -0.1) is 0 Å². The summed E-state index contributed by atoms with van der Waals surface area (Å²) in [7, 11) is 1.55. The maximum Gasteiger partial charge on any atom is 0.322 e. The summed E-state index contributed by atoms with van der Waals surface area (Å²) < 4.78 is 19.0. The zero-order valence-corrected chi connectivity index (χ0v) is 16.0. The zero-order chi connectivity index (χ0) is 19.2. The molecule has 2 aromatic carbocycles. The number of benzene rings is 2. The molecule has 1 N–H and O–H groups in total. The molecular formula is C20H23ClFN3O2. The fourth-order valence-electron chi connectivity index (χ4n) is 3.13. The smallest absolute Gasteiger partial charge is 0.322 e. The Balaban J connectivity index is 1.49. The van der Waals surface area contributed by atoms with Gasteiger partial charge < -0.3 is 15.0 Å². The molecule has 0 atom stereocenters. The van der Waals surface area contributed by atoms with Crippen molar-refractivity contribution in [3.8, 4) is 5.75 Å². The van der Waals surface area contributed by atoms with E-state index in [4.69, 9.17) is 16.3 Å². The molecule has 5 nitrogen and oxygen atoms in total. The summed E-state index contributed by atoms with van der Waals surface area (Å²) >= 11 is 6.00. The van der Waals surface area contributed by atoms with Gasteiger partial charge >= 0.3 is 6.03 Å². The van der Waals surface area contributed by atoms with Crippen molar-refractivity contribution in [2.45, 2.75) is 6.42 Å². The van der Waals surface area contributed by atoms with Gasteiger partial charge in [0.2, 0.25) is 0 Å². The van der Waals surface area contributed by atoms with Gasteiger partial charge in [-0.25, -0.2) is 9.18 Å². The van der Waals surface area contributed by atoms with Crippen LogP contribution in [0.15, 0.2) is 42.5 Å². The lowest BCUT2D eigenvalue weighted by atomic mass is 10.1. The number of urea groups is 1. The predicted molar refractivity (Wildman–Crippen MR) is 105 cm³/mol. The van der Waals surface area contributed by atoms with Crippen molar-refractivity contribution in [2.75, 3.05) is 45.2 Å². The van der Waals surface area contributed by atoms with Crippen LogP contribution in [0.4, 0.5) is 14.9 Å². The quantitative estimate of drug-likeness (QED) is 0.841. The molecule has 1 aliphatic rings. The van der Waals surface area contributed by atoms with E-state index in [1.165, 1.54) is 6.07 Å². The molecule has 0 aromatic heterocycles. The van der Waals surface area contributed by atoms with E-state index in [0.717, 1.165) is 25.2 Å². The van der Waals surface area contributed by atoms with Gasteiger partial charge in [-0.2, -0.15) is 0 Å². The van der Waals surface area contributed by atoms with Gasteiger partial charge in [0.05, 0.1) is 12.8 Å². The fourth-order valence-corrected chi connectivity index (χ4v) is 3.30. The molecule has 1 fully saturated rings. The minimum atomic E-state index is -0.177. The highest BCUT2D eigenvalue weighted by Crippen LogP contribution is 2.28. The van der Waals surface area contributed by atoms with Crippen molar-refractivity contribution in [2.24, 2.45) is 0 Å². The van der Waals surface area contributed by atoms with Crippen molar-refractivity contribution in [3.63, 3.8) is 0 Å². The maximum absolute atomic E-state index is 13.7. The largest absolute Gasteiger partial charge is 0.495 e. The summed E-state index contributed by atoms with van der Waals surface area (Å²) in [5, 5.41) is 3.39. The molecule has 1 saturated heterocycles. The molecule has 1 heterocycles. The number of amides is 2. The Morgan fingerprint density at radius 3 is 2.63 bits per heavy atom. The molecular weight excluding hydrogens is 369 g/mol. The monoisotopic (exact) mass is 391 g/mol. The first kappa shape index (κ1) is 19.5. The standard InChI is InChI=1S/C20H23ClFN3O2/c1-27-19-7-6-16(21)14-18(19)23-20(26)25-12-10-24(11-13-25)9-8-15-4-2-3-5-17(15)22/h2-7,14H,8-13H2,1H3,(H,23,26). The summed E-state index contributed by atoms with van der Waals surface area (Å²) in [6.45, 7) is 3.53. The van der Waals surface area contributed by atoms with Crippen LogP contribution in [0, 0.1) is 5.82 Å². The number of rotatable bonds is 5. The summed E-state index contributed by atoms with van der Waals surface area (Å²) in [6, 6.07) is 11.8. The van der Waals surface area contributed by atoms with E-state index in [9.17, 15) is 9.18 Å². The highest BCUT2D eigenvalue weighted by atomic mass is 35.5. The second-order valence-electron chi connectivity index (χ2n) is 6.44. The molecule has 27 heavy (non-hydrogen) atoms. The normalized spacial score (nSPS) is 14.9. The number of nitrogens with zero attached hydrogens (tertiary/aromatic N) is 2. The number of anilines is 1. The van der Waals surface area contributed by atoms with Crippen LogP contribution in [0.3, 0.4) is 0 Å². The third kappa shape index (κ3) is 5.11. The van der Waals surface area contributed by atoms with E-state index in [-0.39, 0.29) is 11.8 Å². The molecule has 2 amide bonds. The Labute approximate surface area is 163 Å². The van der Waals surface area contributed by atoms with Crippen molar-refractivity contribution in [1.82, 2.24) is 9.80 Å². The Hall–Kier alpha value is -2.31. The van der Waals surface area contributed by atoms with Crippen molar-refractivity contribution in [3.05, 3.63) is 58.9 Å². The first-order chi connectivity index (χ1) is 13.1. The van der Waals surface area contributed by atoms with Crippen LogP contribution in [0.5, 0.6) is 5.75 Å². The number of hydrogen-bond acceptors (Lipinski definition) is 3. The molecule has 0 unspecified atom stereocenters. The van der Waals surface area contributed by atoms with Gasteiger partial charge in [-0.1, -0.05) is 29.8 Å². The highest BCUT2D eigenvalue weighted by Gasteiger charge is 2.22. The lowest BCUT2D eigenvalue weighted by molar-refractivity contribution is 0.148. The van der Waals surface area contributed by atoms with Gasteiger partial charge in [0, 0.05) is 37.7 Å². The van der Waals surface area contributed by atoms with Gasteiger partial charge in [-0.3, -0.25) is 4.90 Å². The SMILES string of the molecule is COc1ccc(Cl)cc1NC(=O)N1CCN(CCc2ccccc2F)CC1. The lowest BCUT2D eigenvalue weighted by Gasteiger charge is -2.34. The minimum absolute atomic E-state index is 0.161. The van der Waals surface area contributed by atoms with Crippen LogP contribution < -0.4 is 10.1 Å². The molecule has 0 bridgehead atoms. The number of hydrogen-bond donors (Lipinski definition) is 1. The molecule has 0 saturated carbocycles. The molecule has 0 radical (unpaired) electrons. The van der Waals surface area contributed by atoms with Crippen LogP contribution in [-0.4, -0.2) is 55.7 Å². The van der Waals surface area contributed by atoms with Gasteiger partial charge in [0.1, 0.15) is 11.6 Å². The predicted octanol–water partition coefficient (Wildman–Crippen LogP) is 3.88. The number of piperazine rings is 1. The van der Waals surface area contributed by atoms with Gasteiger partial charge in [0.25, 0.3) is 0 Å². The van der Waals surface area contributed by atoms with Crippen LogP contribution in [0.1, 0.15) is 5.56 Å². The number of ether oxygens (including phenoxy) is 1. The summed E-state index contributed by atoms with van der Waals surface area (Å²) in [5.74, 6) is 0.405. The Morgan fingerprint density at radius 2 is 1.93 bits per heavy atom. The first-order valence-electron chi connectivity index (χ1n) is 8.92. The Morgan fingerprint density at radius 1 is 1.19 bits per heavy atom. The topological polar surface area (TPSA) is 44.8 Å². The van der Waals surface area contributed by atoms with E-state index >= 15 is 0 Å². The van der Waals surface area contributed by atoms with Gasteiger partial charge in [-0.05, 0) is 36.2 Å². The van der Waals surface area contributed by atoms with Crippen LogP contribution in [-0.2, 0) is 6.42 Å². The van der Waals surface area contributed by atoms with E-state index in [0.29, 0.717) is 36.0 Å². The molecule has 144 valence electrons. The fraction of sp³-hybridized carbons (Fsp3) is 0.350. The maximum atomic E-state index is 13.7. The average Bonchev–Trinajstić information content (AvgIpc) is 2.68. The van der Waals surface area contributed by atoms with Gasteiger partial charge in [0.15, 0.2) is 0 Å². The Bertz CT molecular complexity index is 795. The summed E-state index contributed by atoms with van der Waals surface area (Å²) in [4.78, 5) is 16.5. The molecule has 0 aliphatic carbocycles. The van der Waals surface area contributed by atoms with E-state index in [2.05, 4.69) is 10.2 Å². The van der Waals surface area contributed by atoms with Crippen molar-refractivity contribution >= 4 is 23.3 Å². The first-order valence-corrected chi connectivity index (χ1v) is 9.30.